The SMILES string of the molecule is CCOC(=O)C1=CC2=CC(/C=C/C(=O)N(C)Cc3sc4ccccc4c3C)=CNC2NC1=O. The summed E-state index contributed by atoms with van der Waals surface area (Å²) in [4.78, 5) is 39.7. The van der Waals surface area contributed by atoms with Gasteiger partial charge in [0.05, 0.1) is 13.2 Å². The number of fused-ring (bicyclic) bond motifs is 2. The lowest BCUT2D eigenvalue weighted by atomic mass is 9.98. The van der Waals surface area contributed by atoms with E-state index in [1.54, 1.807) is 42.5 Å². The fourth-order valence-corrected chi connectivity index (χ4v) is 4.97. The number of likely N-dealkylation sites (N-methyl/N-ethyl adjacent to an activating group) is 1. The Balaban J connectivity index is 1.45. The topological polar surface area (TPSA) is 87.7 Å². The van der Waals surface area contributed by atoms with Crippen LogP contribution in [0.25, 0.3) is 10.1 Å². The monoisotopic (exact) mass is 463 g/mol. The summed E-state index contributed by atoms with van der Waals surface area (Å²) in [5.41, 5.74) is 2.62. The van der Waals surface area contributed by atoms with Crippen LogP contribution in [0.3, 0.4) is 0 Å². The van der Waals surface area contributed by atoms with E-state index in [2.05, 4.69) is 29.7 Å². The summed E-state index contributed by atoms with van der Waals surface area (Å²) in [6.07, 6.45) is 7.86. The van der Waals surface area contributed by atoms with Gasteiger partial charge in [-0.25, -0.2) is 4.79 Å². The molecule has 7 nitrogen and oxygen atoms in total. The molecule has 33 heavy (non-hydrogen) atoms. The zero-order valence-electron chi connectivity index (χ0n) is 18.7. The molecule has 8 heteroatoms. The lowest BCUT2D eigenvalue weighted by Crippen LogP contribution is -2.49. The lowest BCUT2D eigenvalue weighted by molar-refractivity contribution is -0.140. The largest absolute Gasteiger partial charge is 0.462 e. The Morgan fingerprint density at radius 1 is 1.24 bits per heavy atom. The smallest absolute Gasteiger partial charge is 0.343 e. The second kappa shape index (κ2) is 9.46. The molecule has 0 saturated carbocycles. The lowest BCUT2D eigenvalue weighted by Gasteiger charge is -2.28. The molecule has 1 aromatic heterocycles. The number of nitrogens with one attached hydrogen (secondary N) is 2. The van der Waals surface area contributed by atoms with Crippen LogP contribution in [-0.2, 0) is 25.7 Å². The number of carbonyl (C=O) groups excluding carboxylic acids is 3. The summed E-state index contributed by atoms with van der Waals surface area (Å²) in [5.74, 6) is -1.26. The van der Waals surface area contributed by atoms with Gasteiger partial charge in [0.25, 0.3) is 5.91 Å². The minimum atomic E-state index is -0.658. The highest BCUT2D eigenvalue weighted by Gasteiger charge is 2.30. The van der Waals surface area contributed by atoms with E-state index in [0.717, 1.165) is 5.57 Å². The number of nitrogens with zero attached hydrogens (tertiary/aromatic N) is 1. The molecule has 2 aromatic rings. The van der Waals surface area contributed by atoms with Gasteiger partial charge in [-0.2, -0.15) is 0 Å². The number of hydrogen-bond donors (Lipinski definition) is 2. The number of benzene rings is 1. The minimum Gasteiger partial charge on any atom is -0.462 e. The highest BCUT2D eigenvalue weighted by molar-refractivity contribution is 7.19. The van der Waals surface area contributed by atoms with Crippen LogP contribution in [0.4, 0.5) is 0 Å². The predicted octanol–water partition coefficient (Wildman–Crippen LogP) is 3.08. The van der Waals surface area contributed by atoms with E-state index in [9.17, 15) is 14.4 Å². The fourth-order valence-electron chi connectivity index (χ4n) is 3.70. The van der Waals surface area contributed by atoms with Crippen molar-refractivity contribution >= 4 is 39.2 Å². The van der Waals surface area contributed by atoms with Crippen LogP contribution in [-0.4, -0.2) is 42.5 Å². The fraction of sp³-hybridized carbons (Fsp3) is 0.240. The summed E-state index contributed by atoms with van der Waals surface area (Å²) in [6, 6.07) is 8.24. The second-order valence-electron chi connectivity index (χ2n) is 7.81. The molecule has 2 amide bonds. The van der Waals surface area contributed by atoms with Gasteiger partial charge < -0.3 is 20.3 Å². The number of esters is 1. The van der Waals surface area contributed by atoms with E-state index in [1.807, 2.05) is 18.2 Å². The van der Waals surface area contributed by atoms with Gasteiger partial charge in [-0.3, -0.25) is 9.59 Å². The maximum absolute atomic E-state index is 12.7. The molecule has 0 radical (unpaired) electrons. The Hall–Kier alpha value is -3.65. The summed E-state index contributed by atoms with van der Waals surface area (Å²) >= 11 is 1.71. The van der Waals surface area contributed by atoms with Crippen molar-refractivity contribution in [2.75, 3.05) is 13.7 Å². The first kappa shape index (κ1) is 22.5. The quantitative estimate of drug-likeness (QED) is 0.391. The molecule has 1 atom stereocenters. The van der Waals surface area contributed by atoms with Crippen molar-refractivity contribution in [2.45, 2.75) is 26.6 Å². The number of thiophene rings is 1. The number of hydrogen-bond acceptors (Lipinski definition) is 6. The molecule has 0 fully saturated rings. The first-order chi connectivity index (χ1) is 15.9. The highest BCUT2D eigenvalue weighted by Crippen LogP contribution is 2.31. The Kier molecular flexibility index (Phi) is 6.46. The van der Waals surface area contributed by atoms with Crippen molar-refractivity contribution < 1.29 is 19.1 Å². The van der Waals surface area contributed by atoms with Crippen molar-refractivity contribution in [3.63, 3.8) is 0 Å². The van der Waals surface area contributed by atoms with Gasteiger partial charge in [0.1, 0.15) is 11.7 Å². The van der Waals surface area contributed by atoms with Crippen LogP contribution < -0.4 is 10.6 Å². The van der Waals surface area contributed by atoms with Crippen LogP contribution in [0.5, 0.6) is 0 Å². The predicted molar refractivity (Wildman–Crippen MR) is 128 cm³/mol. The minimum absolute atomic E-state index is 0.0408. The summed E-state index contributed by atoms with van der Waals surface area (Å²) in [7, 11) is 1.78. The Labute approximate surface area is 196 Å². The average molecular weight is 464 g/mol. The molecule has 0 saturated heterocycles. The highest BCUT2D eigenvalue weighted by atomic mass is 32.1. The molecule has 1 aromatic carbocycles. The third-order valence-corrected chi connectivity index (χ3v) is 6.79. The van der Waals surface area contributed by atoms with Gasteiger partial charge >= 0.3 is 5.97 Å². The second-order valence-corrected chi connectivity index (χ2v) is 8.95. The molecule has 0 aliphatic carbocycles. The van der Waals surface area contributed by atoms with Crippen molar-refractivity contribution in [3.8, 4) is 0 Å². The molecule has 2 aliphatic heterocycles. The van der Waals surface area contributed by atoms with E-state index in [4.69, 9.17) is 4.74 Å². The van der Waals surface area contributed by atoms with Crippen LogP contribution in [0.2, 0.25) is 0 Å². The number of aryl methyl sites for hydroxylation is 1. The van der Waals surface area contributed by atoms with Gasteiger partial charge in [-0.15, -0.1) is 11.3 Å². The molecule has 0 bridgehead atoms. The van der Waals surface area contributed by atoms with Crippen molar-refractivity contribution in [1.29, 1.82) is 0 Å². The first-order valence-corrected chi connectivity index (χ1v) is 11.5. The number of carbonyl (C=O) groups is 3. The number of dihydropyridines is 1. The number of rotatable bonds is 6. The molecular weight excluding hydrogens is 438 g/mol. The molecule has 0 spiro atoms. The zero-order chi connectivity index (χ0) is 23.5. The van der Waals surface area contributed by atoms with E-state index in [-0.39, 0.29) is 18.1 Å². The van der Waals surface area contributed by atoms with Gasteiger partial charge in [0.2, 0.25) is 5.91 Å². The van der Waals surface area contributed by atoms with Crippen LogP contribution in [0, 0.1) is 6.92 Å². The zero-order valence-corrected chi connectivity index (χ0v) is 19.5. The van der Waals surface area contributed by atoms with E-state index in [1.165, 1.54) is 32.7 Å². The van der Waals surface area contributed by atoms with Crippen molar-refractivity contribution in [1.82, 2.24) is 15.5 Å². The van der Waals surface area contributed by atoms with Gasteiger partial charge in [0.15, 0.2) is 0 Å². The Bertz CT molecular complexity index is 1250. The van der Waals surface area contributed by atoms with Gasteiger partial charge in [0, 0.05) is 28.9 Å². The average Bonchev–Trinajstić information content (AvgIpc) is 3.12. The van der Waals surface area contributed by atoms with Gasteiger partial charge in [-0.05, 0) is 60.2 Å². The normalized spacial score (nSPS) is 17.5. The van der Waals surface area contributed by atoms with Crippen LogP contribution in [0.15, 0.2) is 71.5 Å². The number of allylic oxidation sites excluding steroid dienone is 3. The Morgan fingerprint density at radius 2 is 2.03 bits per heavy atom. The third-order valence-electron chi connectivity index (χ3n) is 5.53. The molecule has 4 rings (SSSR count). The molecule has 170 valence electrons. The molecule has 3 heterocycles. The maximum Gasteiger partial charge on any atom is 0.343 e. The molecule has 1 unspecified atom stereocenters. The molecule has 2 aliphatic rings. The summed E-state index contributed by atoms with van der Waals surface area (Å²) in [6.45, 7) is 4.50. The summed E-state index contributed by atoms with van der Waals surface area (Å²) in [5, 5.41) is 7.02. The summed E-state index contributed by atoms with van der Waals surface area (Å²) < 4.78 is 6.16. The van der Waals surface area contributed by atoms with E-state index >= 15 is 0 Å². The Morgan fingerprint density at radius 3 is 2.79 bits per heavy atom. The van der Waals surface area contributed by atoms with Crippen molar-refractivity contribution in [2.24, 2.45) is 0 Å². The first-order valence-electron chi connectivity index (χ1n) is 10.6. The van der Waals surface area contributed by atoms with Crippen molar-refractivity contribution in [3.05, 3.63) is 81.9 Å². The standard InChI is InChI=1S/C25H25N3O4S/c1-4-32-25(31)19-12-17-11-16(13-26-23(17)27-24(19)30)9-10-22(29)28(3)14-21-15(2)18-7-5-6-8-20(18)33-21/h5-13,23,26H,4,14H2,1-3H3,(H,27,30)/b10-9+. The van der Waals surface area contributed by atoms with Crippen LogP contribution in [0.1, 0.15) is 17.4 Å². The number of amides is 2. The molecular formula is C25H25N3O4S. The molecule has 2 N–H and O–H groups in total. The maximum atomic E-state index is 12.7. The van der Waals surface area contributed by atoms with Gasteiger partial charge in [-0.1, -0.05) is 18.2 Å². The van der Waals surface area contributed by atoms with E-state index in [0.29, 0.717) is 12.1 Å². The number of ether oxygens (including phenoxy) is 1. The third kappa shape index (κ3) is 4.75. The van der Waals surface area contributed by atoms with Crippen LogP contribution >= 0.6 is 11.3 Å². The van der Waals surface area contributed by atoms with E-state index < -0.39 is 18.0 Å².